The van der Waals surface area contributed by atoms with E-state index in [0.717, 1.165) is 0 Å². The van der Waals surface area contributed by atoms with E-state index in [9.17, 15) is 9.65 Å². The zero-order valence-electron chi connectivity index (χ0n) is 12.7. The summed E-state index contributed by atoms with van der Waals surface area (Å²) in [6.07, 6.45) is 0. The summed E-state index contributed by atoms with van der Waals surface area (Å²) in [5, 5.41) is 13.6. The van der Waals surface area contributed by atoms with Crippen LogP contribution in [0.4, 0.5) is 10.1 Å². The summed E-state index contributed by atoms with van der Waals surface area (Å²) >= 11 is 9.34. The first-order valence-corrected chi connectivity index (χ1v) is 8.47. The third-order valence-electron chi connectivity index (χ3n) is 3.96. The monoisotopic (exact) mass is 396 g/mol. The molecule has 0 aliphatic carbocycles. The van der Waals surface area contributed by atoms with Gasteiger partial charge >= 0.3 is 0 Å². The van der Waals surface area contributed by atoms with Gasteiger partial charge in [-0.1, -0.05) is 11.6 Å². The molecule has 2 atom stereocenters. The highest BCUT2D eigenvalue weighted by molar-refractivity contribution is 9.10. The van der Waals surface area contributed by atoms with Crippen LogP contribution in [0.2, 0.25) is 5.15 Å². The predicted octanol–water partition coefficient (Wildman–Crippen LogP) is 3.85. The molecule has 1 aromatic carbocycles. The lowest BCUT2D eigenvalue weighted by Gasteiger charge is -2.38. The standard InChI is InChI=1S/C16H15BrClFN4/c1-8-6-23(7-9(2)21-8)15-10-3-4-12(17)13(19)14(10)22-16(18)11(15)5-20/h3-4,8-9,21H,6-7H2,1-2H3/t8-,9-/m0/s1. The molecule has 0 amide bonds. The largest absolute Gasteiger partial charge is 0.367 e. The third kappa shape index (κ3) is 2.89. The molecule has 0 saturated carbocycles. The second-order valence-electron chi connectivity index (χ2n) is 5.87. The highest BCUT2D eigenvalue weighted by Gasteiger charge is 2.27. The molecule has 2 heterocycles. The van der Waals surface area contributed by atoms with Gasteiger partial charge in [0.15, 0.2) is 5.82 Å². The van der Waals surface area contributed by atoms with Crippen molar-refractivity contribution in [2.45, 2.75) is 25.9 Å². The minimum Gasteiger partial charge on any atom is -0.367 e. The molecule has 0 bridgehead atoms. The van der Waals surface area contributed by atoms with Gasteiger partial charge in [-0.3, -0.25) is 0 Å². The van der Waals surface area contributed by atoms with Gasteiger partial charge in [-0.25, -0.2) is 9.37 Å². The van der Waals surface area contributed by atoms with E-state index in [2.05, 4.69) is 51.0 Å². The quantitative estimate of drug-likeness (QED) is 0.743. The number of nitrogens with one attached hydrogen (secondary N) is 1. The molecule has 1 fully saturated rings. The molecular formula is C16H15BrClFN4. The molecule has 1 saturated heterocycles. The van der Waals surface area contributed by atoms with Gasteiger partial charge in [-0.2, -0.15) is 5.26 Å². The Balaban J connectivity index is 2.29. The molecule has 1 aromatic heterocycles. The minimum absolute atomic E-state index is 0.0332. The Hall–Kier alpha value is -1.42. The SMILES string of the molecule is C[C@H]1CN(c2c(C#N)c(Cl)nc3c(F)c(Br)ccc23)C[C@H](C)N1. The summed E-state index contributed by atoms with van der Waals surface area (Å²) in [6, 6.07) is 6.05. The molecule has 0 spiro atoms. The number of hydrogen-bond acceptors (Lipinski definition) is 4. The number of nitrogens with zero attached hydrogens (tertiary/aromatic N) is 3. The predicted molar refractivity (Wildman–Crippen MR) is 93.4 cm³/mol. The molecule has 1 aliphatic rings. The first-order valence-electron chi connectivity index (χ1n) is 7.30. The number of fused-ring (bicyclic) bond motifs is 1. The second kappa shape index (κ2) is 6.23. The summed E-state index contributed by atoms with van der Waals surface area (Å²) in [5.41, 5.74) is 1.13. The van der Waals surface area contributed by atoms with Gasteiger partial charge in [0.05, 0.1) is 10.2 Å². The molecule has 0 radical (unpaired) electrons. The van der Waals surface area contributed by atoms with Gasteiger partial charge in [-0.05, 0) is 41.9 Å². The average molecular weight is 398 g/mol. The van der Waals surface area contributed by atoms with Crippen LogP contribution in [0.1, 0.15) is 19.4 Å². The number of anilines is 1. The second-order valence-corrected chi connectivity index (χ2v) is 7.08. The number of hydrogen-bond donors (Lipinski definition) is 1. The van der Waals surface area contributed by atoms with Crippen molar-refractivity contribution >= 4 is 44.1 Å². The van der Waals surface area contributed by atoms with Gasteiger partial charge < -0.3 is 10.2 Å². The van der Waals surface area contributed by atoms with Gasteiger partial charge in [0.2, 0.25) is 0 Å². The molecule has 1 aliphatic heterocycles. The van der Waals surface area contributed by atoms with Crippen molar-refractivity contribution in [2.75, 3.05) is 18.0 Å². The molecule has 1 N–H and O–H groups in total. The van der Waals surface area contributed by atoms with Gasteiger partial charge in [0, 0.05) is 30.6 Å². The highest BCUT2D eigenvalue weighted by atomic mass is 79.9. The lowest BCUT2D eigenvalue weighted by molar-refractivity contribution is 0.407. The Morgan fingerprint density at radius 2 is 2.04 bits per heavy atom. The van der Waals surface area contributed by atoms with E-state index in [4.69, 9.17) is 11.6 Å². The highest BCUT2D eigenvalue weighted by Crippen LogP contribution is 2.37. The number of aromatic nitrogens is 1. The Kier molecular flexibility index (Phi) is 4.45. The molecule has 7 heteroatoms. The number of nitriles is 1. The Labute approximate surface area is 147 Å². The van der Waals surface area contributed by atoms with E-state index in [1.165, 1.54) is 0 Å². The Morgan fingerprint density at radius 1 is 1.39 bits per heavy atom. The molecule has 3 rings (SSSR count). The van der Waals surface area contributed by atoms with Crippen molar-refractivity contribution in [1.82, 2.24) is 10.3 Å². The van der Waals surface area contributed by atoms with Crippen LogP contribution in [0.25, 0.3) is 10.9 Å². The van der Waals surface area contributed by atoms with Crippen molar-refractivity contribution in [2.24, 2.45) is 0 Å². The Bertz CT molecular complexity index is 810. The van der Waals surface area contributed by atoms with Crippen LogP contribution in [0.3, 0.4) is 0 Å². The number of rotatable bonds is 1. The summed E-state index contributed by atoms with van der Waals surface area (Å²) < 4.78 is 14.8. The van der Waals surface area contributed by atoms with E-state index >= 15 is 0 Å². The van der Waals surface area contributed by atoms with Gasteiger partial charge in [0.1, 0.15) is 22.3 Å². The maximum Gasteiger partial charge on any atom is 0.163 e. The topological polar surface area (TPSA) is 52.0 Å². The molecule has 2 aromatic rings. The van der Waals surface area contributed by atoms with E-state index in [0.29, 0.717) is 34.2 Å². The van der Waals surface area contributed by atoms with Crippen LogP contribution in [-0.4, -0.2) is 30.2 Å². The first-order chi connectivity index (χ1) is 10.9. The minimum atomic E-state index is -0.466. The van der Waals surface area contributed by atoms with E-state index < -0.39 is 5.82 Å². The normalized spacial score (nSPS) is 21.5. The summed E-state index contributed by atoms with van der Waals surface area (Å²) in [5.74, 6) is -0.466. The molecule has 0 unspecified atom stereocenters. The van der Waals surface area contributed by atoms with Crippen molar-refractivity contribution < 1.29 is 4.39 Å². The van der Waals surface area contributed by atoms with Crippen LogP contribution in [0.5, 0.6) is 0 Å². The van der Waals surface area contributed by atoms with E-state index in [-0.39, 0.29) is 22.8 Å². The fourth-order valence-electron chi connectivity index (χ4n) is 3.16. The van der Waals surface area contributed by atoms with Crippen LogP contribution in [-0.2, 0) is 0 Å². The zero-order chi connectivity index (χ0) is 16.7. The maximum atomic E-state index is 14.4. The molecule has 4 nitrogen and oxygen atoms in total. The van der Waals surface area contributed by atoms with E-state index in [1.807, 2.05) is 0 Å². The Morgan fingerprint density at radius 3 is 2.65 bits per heavy atom. The van der Waals surface area contributed by atoms with Crippen molar-refractivity contribution in [3.8, 4) is 6.07 Å². The van der Waals surface area contributed by atoms with Gasteiger partial charge in [0.25, 0.3) is 0 Å². The first kappa shape index (κ1) is 16.4. The summed E-state index contributed by atoms with van der Waals surface area (Å²) in [4.78, 5) is 6.19. The lowest BCUT2D eigenvalue weighted by atomic mass is 10.0. The number of halogens is 3. The zero-order valence-corrected chi connectivity index (χ0v) is 15.0. The fourth-order valence-corrected chi connectivity index (χ4v) is 3.70. The van der Waals surface area contributed by atoms with Gasteiger partial charge in [-0.15, -0.1) is 0 Å². The molecular weight excluding hydrogens is 383 g/mol. The fraction of sp³-hybridized carbons (Fsp3) is 0.375. The smallest absolute Gasteiger partial charge is 0.163 e. The third-order valence-corrected chi connectivity index (χ3v) is 4.85. The number of pyridine rings is 1. The van der Waals surface area contributed by atoms with Crippen molar-refractivity contribution in [3.05, 3.63) is 33.1 Å². The number of benzene rings is 1. The summed E-state index contributed by atoms with van der Waals surface area (Å²) in [6.45, 7) is 5.59. The van der Waals surface area contributed by atoms with E-state index in [1.54, 1.807) is 12.1 Å². The molecule has 120 valence electrons. The van der Waals surface area contributed by atoms with Crippen LogP contribution in [0, 0.1) is 17.1 Å². The summed E-state index contributed by atoms with van der Waals surface area (Å²) in [7, 11) is 0. The lowest BCUT2D eigenvalue weighted by Crippen LogP contribution is -2.54. The van der Waals surface area contributed by atoms with Crippen molar-refractivity contribution in [3.63, 3.8) is 0 Å². The maximum absolute atomic E-state index is 14.4. The average Bonchev–Trinajstić information content (AvgIpc) is 2.49. The van der Waals surface area contributed by atoms with Crippen molar-refractivity contribution in [1.29, 1.82) is 5.26 Å². The van der Waals surface area contributed by atoms with Crippen LogP contribution < -0.4 is 10.2 Å². The van der Waals surface area contributed by atoms with Crippen LogP contribution >= 0.6 is 27.5 Å². The molecule has 23 heavy (non-hydrogen) atoms. The van der Waals surface area contributed by atoms with Crippen LogP contribution in [0.15, 0.2) is 16.6 Å². The number of piperazine rings is 1.